The molecule has 37 heavy (non-hydrogen) atoms. The van der Waals surface area contributed by atoms with Gasteiger partial charge in [-0.1, -0.05) is 48.5 Å². The van der Waals surface area contributed by atoms with Crippen LogP contribution in [-0.4, -0.2) is 48.1 Å². The van der Waals surface area contributed by atoms with Crippen molar-refractivity contribution in [3.8, 4) is 0 Å². The predicted octanol–water partition coefficient (Wildman–Crippen LogP) is 4.44. The highest BCUT2D eigenvalue weighted by molar-refractivity contribution is 5.95. The Morgan fingerprint density at radius 2 is 1.49 bits per heavy atom. The number of rotatable bonds is 6. The van der Waals surface area contributed by atoms with Gasteiger partial charge in [0.15, 0.2) is 0 Å². The molecular formula is C30H30N6O. The zero-order valence-electron chi connectivity index (χ0n) is 20.7. The quantitative estimate of drug-likeness (QED) is 0.416. The number of carbonyl (C=O) groups excluding carboxylic acids is 1. The Hall–Kier alpha value is -4.39. The summed E-state index contributed by atoms with van der Waals surface area (Å²) in [6.07, 6.45) is 3.54. The van der Waals surface area contributed by atoms with Crippen molar-refractivity contribution in [3.63, 3.8) is 0 Å². The highest BCUT2D eigenvalue weighted by Gasteiger charge is 2.23. The first-order valence-corrected chi connectivity index (χ1v) is 12.8. The van der Waals surface area contributed by atoms with Gasteiger partial charge < -0.3 is 20.4 Å². The van der Waals surface area contributed by atoms with Crippen LogP contribution in [0, 0.1) is 0 Å². The molecule has 7 heteroatoms. The lowest BCUT2D eigenvalue weighted by atomic mass is 10.1. The summed E-state index contributed by atoms with van der Waals surface area (Å²) in [6, 6.07) is 28.4. The van der Waals surface area contributed by atoms with Crippen molar-refractivity contribution in [1.82, 2.24) is 15.3 Å². The molecule has 186 valence electrons. The first kappa shape index (κ1) is 23.0. The summed E-state index contributed by atoms with van der Waals surface area (Å²) in [7, 11) is 0. The molecule has 2 N–H and O–H groups in total. The van der Waals surface area contributed by atoms with Crippen molar-refractivity contribution in [2.75, 3.05) is 41.3 Å². The van der Waals surface area contributed by atoms with Crippen LogP contribution in [-0.2, 0) is 12.8 Å². The van der Waals surface area contributed by atoms with E-state index in [1.165, 1.54) is 16.8 Å². The molecule has 1 fully saturated rings. The van der Waals surface area contributed by atoms with Crippen LogP contribution in [0.1, 0.15) is 21.5 Å². The molecule has 0 spiro atoms. The normalized spacial score (nSPS) is 15.4. The first-order valence-electron chi connectivity index (χ1n) is 12.8. The summed E-state index contributed by atoms with van der Waals surface area (Å²) in [4.78, 5) is 26.8. The lowest BCUT2D eigenvalue weighted by molar-refractivity contribution is 0.0938. The van der Waals surface area contributed by atoms with Crippen molar-refractivity contribution < 1.29 is 4.79 Å². The Morgan fingerprint density at radius 3 is 2.24 bits per heavy atom. The molecule has 0 saturated carbocycles. The van der Waals surface area contributed by atoms with Gasteiger partial charge >= 0.3 is 0 Å². The number of carbonyl (C=O) groups is 1. The van der Waals surface area contributed by atoms with Gasteiger partial charge in [-0.05, 0) is 60.4 Å². The summed E-state index contributed by atoms with van der Waals surface area (Å²) in [6.45, 7) is 3.57. The number of hydrogen-bond donors (Lipinski definition) is 2. The highest BCUT2D eigenvalue weighted by atomic mass is 16.1. The number of piperazine rings is 1. The molecule has 7 nitrogen and oxygen atoms in total. The Labute approximate surface area is 217 Å². The number of aromatic nitrogens is 2. The summed E-state index contributed by atoms with van der Waals surface area (Å²) in [5.41, 5.74) is 5.35. The molecule has 0 radical (unpaired) electrons. The molecule has 1 aromatic heterocycles. The SMILES string of the molecule is O=C(NC1Cc2ccccc2C1)c1cccc(Nc2ccnc(N3CCN(c4ccccc4)CC3)n2)c1. The minimum atomic E-state index is -0.0545. The van der Waals surface area contributed by atoms with Crippen molar-refractivity contribution in [2.24, 2.45) is 0 Å². The molecule has 0 atom stereocenters. The third-order valence-corrected chi connectivity index (χ3v) is 7.11. The van der Waals surface area contributed by atoms with Crippen LogP contribution >= 0.6 is 0 Å². The highest BCUT2D eigenvalue weighted by Crippen LogP contribution is 2.23. The van der Waals surface area contributed by atoms with E-state index in [9.17, 15) is 4.79 Å². The monoisotopic (exact) mass is 490 g/mol. The fourth-order valence-electron chi connectivity index (χ4n) is 5.19. The fourth-order valence-corrected chi connectivity index (χ4v) is 5.19. The Bertz CT molecular complexity index is 1360. The molecule has 1 aliphatic carbocycles. The van der Waals surface area contributed by atoms with E-state index in [4.69, 9.17) is 4.98 Å². The van der Waals surface area contributed by atoms with Crippen molar-refractivity contribution in [2.45, 2.75) is 18.9 Å². The maximum absolute atomic E-state index is 13.0. The molecule has 0 bridgehead atoms. The smallest absolute Gasteiger partial charge is 0.251 e. The minimum absolute atomic E-state index is 0.0545. The number of fused-ring (bicyclic) bond motifs is 1. The van der Waals surface area contributed by atoms with E-state index in [1.807, 2.05) is 36.4 Å². The van der Waals surface area contributed by atoms with Crippen LogP contribution in [0.3, 0.4) is 0 Å². The van der Waals surface area contributed by atoms with Gasteiger partial charge in [-0.2, -0.15) is 4.98 Å². The molecule has 3 aromatic carbocycles. The maximum atomic E-state index is 13.0. The Kier molecular flexibility index (Phi) is 6.42. The molecule has 2 heterocycles. The second-order valence-electron chi connectivity index (χ2n) is 9.60. The van der Waals surface area contributed by atoms with E-state index in [1.54, 1.807) is 6.20 Å². The second-order valence-corrected chi connectivity index (χ2v) is 9.60. The maximum Gasteiger partial charge on any atom is 0.251 e. The zero-order valence-corrected chi connectivity index (χ0v) is 20.7. The van der Waals surface area contributed by atoms with Crippen molar-refractivity contribution in [3.05, 3.63) is 108 Å². The minimum Gasteiger partial charge on any atom is -0.368 e. The summed E-state index contributed by atoms with van der Waals surface area (Å²) in [5.74, 6) is 1.37. The average molecular weight is 491 g/mol. The van der Waals surface area contributed by atoms with Gasteiger partial charge in [-0.25, -0.2) is 4.98 Å². The molecule has 1 amide bonds. The number of para-hydroxylation sites is 1. The molecule has 1 aliphatic heterocycles. The predicted molar refractivity (Wildman–Crippen MR) is 148 cm³/mol. The largest absolute Gasteiger partial charge is 0.368 e. The van der Waals surface area contributed by atoms with E-state index in [-0.39, 0.29) is 11.9 Å². The van der Waals surface area contributed by atoms with E-state index in [2.05, 4.69) is 73.9 Å². The number of anilines is 4. The average Bonchev–Trinajstić information content (AvgIpc) is 3.36. The molecular weight excluding hydrogens is 460 g/mol. The first-order chi connectivity index (χ1) is 18.2. The van der Waals surface area contributed by atoms with Gasteiger partial charge in [0, 0.05) is 55.4 Å². The van der Waals surface area contributed by atoms with Gasteiger partial charge in [0.25, 0.3) is 5.91 Å². The summed E-state index contributed by atoms with van der Waals surface area (Å²) < 4.78 is 0. The topological polar surface area (TPSA) is 73.4 Å². The Morgan fingerprint density at radius 1 is 0.784 bits per heavy atom. The molecule has 6 rings (SSSR count). The van der Waals surface area contributed by atoms with Crippen LogP contribution in [0.4, 0.5) is 23.1 Å². The Balaban J connectivity index is 1.08. The van der Waals surface area contributed by atoms with Crippen molar-refractivity contribution >= 4 is 29.0 Å². The van der Waals surface area contributed by atoms with Gasteiger partial charge in [-0.15, -0.1) is 0 Å². The fraction of sp³-hybridized carbons (Fsp3) is 0.233. The van der Waals surface area contributed by atoms with Gasteiger partial charge in [-0.3, -0.25) is 4.79 Å². The van der Waals surface area contributed by atoms with E-state index < -0.39 is 0 Å². The number of benzene rings is 3. The van der Waals surface area contributed by atoms with Crippen LogP contribution in [0.2, 0.25) is 0 Å². The molecule has 1 saturated heterocycles. The standard InChI is InChI=1S/C30H30N6O/c37-29(33-26-19-22-7-4-5-8-23(22)20-26)24-9-6-10-25(21-24)32-28-13-14-31-30(34-28)36-17-15-35(16-18-36)27-11-2-1-3-12-27/h1-14,21,26H,15-20H2,(H,33,37)(H,31,32,34). The van der Waals surface area contributed by atoms with Gasteiger partial charge in [0.2, 0.25) is 5.95 Å². The lowest BCUT2D eigenvalue weighted by Gasteiger charge is -2.36. The second kappa shape index (κ2) is 10.3. The summed E-state index contributed by atoms with van der Waals surface area (Å²) >= 11 is 0. The van der Waals surface area contributed by atoms with Crippen LogP contribution in [0.15, 0.2) is 91.1 Å². The van der Waals surface area contributed by atoms with Gasteiger partial charge in [0.1, 0.15) is 5.82 Å². The lowest BCUT2D eigenvalue weighted by Crippen LogP contribution is -2.47. The van der Waals surface area contributed by atoms with Crippen LogP contribution in [0.25, 0.3) is 0 Å². The zero-order chi connectivity index (χ0) is 25.0. The number of nitrogens with one attached hydrogen (secondary N) is 2. The number of hydrogen-bond acceptors (Lipinski definition) is 6. The third kappa shape index (κ3) is 5.26. The van der Waals surface area contributed by atoms with E-state index in [0.717, 1.165) is 44.7 Å². The third-order valence-electron chi connectivity index (χ3n) is 7.11. The number of nitrogens with zero attached hydrogens (tertiary/aromatic N) is 4. The van der Waals surface area contributed by atoms with Gasteiger partial charge in [0.05, 0.1) is 0 Å². The van der Waals surface area contributed by atoms with Crippen LogP contribution < -0.4 is 20.4 Å². The molecule has 2 aliphatic rings. The van der Waals surface area contributed by atoms with Crippen molar-refractivity contribution in [1.29, 1.82) is 0 Å². The molecule has 0 unspecified atom stereocenters. The van der Waals surface area contributed by atoms with E-state index >= 15 is 0 Å². The summed E-state index contributed by atoms with van der Waals surface area (Å²) in [5, 5.41) is 6.55. The van der Waals surface area contributed by atoms with E-state index in [0.29, 0.717) is 17.3 Å². The van der Waals surface area contributed by atoms with Crippen LogP contribution in [0.5, 0.6) is 0 Å². The number of amides is 1. The molecule has 4 aromatic rings.